The van der Waals surface area contributed by atoms with Gasteiger partial charge in [-0.3, -0.25) is 0 Å². The third-order valence-corrected chi connectivity index (χ3v) is 5.51. The number of benzene rings is 1. The van der Waals surface area contributed by atoms with Gasteiger partial charge >= 0.3 is 0 Å². The molecule has 4 N–H and O–H groups in total. The zero-order chi connectivity index (χ0) is 14.3. The van der Waals surface area contributed by atoms with E-state index in [0.29, 0.717) is 5.56 Å². The van der Waals surface area contributed by atoms with Crippen molar-refractivity contribution in [2.24, 2.45) is 5.41 Å². The molecule has 2 rings (SSSR count). The number of sulfonamides is 1. The summed E-state index contributed by atoms with van der Waals surface area (Å²) in [6.07, 6.45) is 1.71. The van der Waals surface area contributed by atoms with Crippen molar-refractivity contribution in [3.05, 3.63) is 23.3 Å². The van der Waals surface area contributed by atoms with Gasteiger partial charge in [0.25, 0.3) is 0 Å². The van der Waals surface area contributed by atoms with Gasteiger partial charge in [-0.2, -0.15) is 0 Å². The van der Waals surface area contributed by atoms with Crippen molar-refractivity contribution in [1.82, 2.24) is 4.72 Å². The van der Waals surface area contributed by atoms with Crippen LogP contribution in [-0.2, 0) is 10.0 Å². The molecule has 0 radical (unpaired) electrons. The van der Waals surface area contributed by atoms with Gasteiger partial charge in [0.15, 0.2) is 0 Å². The van der Waals surface area contributed by atoms with Crippen LogP contribution < -0.4 is 10.5 Å². The Bertz CT molecular complexity index is 592. The molecule has 0 saturated heterocycles. The van der Waals surface area contributed by atoms with Crippen LogP contribution in [0.2, 0.25) is 0 Å². The number of nitrogens with one attached hydrogen (secondary N) is 1. The molecule has 106 valence electrons. The number of anilines is 1. The number of aliphatic hydroxyl groups is 1. The molecule has 1 saturated carbocycles. The summed E-state index contributed by atoms with van der Waals surface area (Å²) in [5.74, 6) is 0. The molecule has 0 aliphatic heterocycles. The predicted octanol–water partition coefficient (Wildman–Crippen LogP) is 0.936. The molecule has 1 aliphatic carbocycles. The molecular weight excluding hydrogens is 264 g/mol. The van der Waals surface area contributed by atoms with Crippen LogP contribution in [0.1, 0.15) is 24.0 Å². The number of hydrogen-bond acceptors (Lipinski definition) is 4. The van der Waals surface area contributed by atoms with Crippen LogP contribution in [0.5, 0.6) is 0 Å². The van der Waals surface area contributed by atoms with Crippen LogP contribution in [0.15, 0.2) is 17.0 Å². The van der Waals surface area contributed by atoms with E-state index in [0.717, 1.165) is 18.4 Å². The molecule has 1 aromatic carbocycles. The van der Waals surface area contributed by atoms with E-state index in [9.17, 15) is 13.5 Å². The summed E-state index contributed by atoms with van der Waals surface area (Å²) in [5.41, 5.74) is 7.34. The Morgan fingerprint density at radius 3 is 2.53 bits per heavy atom. The van der Waals surface area contributed by atoms with Crippen molar-refractivity contribution in [2.45, 2.75) is 31.6 Å². The quantitative estimate of drug-likeness (QED) is 0.702. The fourth-order valence-corrected chi connectivity index (χ4v) is 3.64. The van der Waals surface area contributed by atoms with E-state index in [4.69, 9.17) is 5.73 Å². The number of rotatable bonds is 5. The second-order valence-electron chi connectivity index (χ2n) is 5.41. The lowest BCUT2D eigenvalue weighted by Gasteiger charge is -2.16. The van der Waals surface area contributed by atoms with E-state index < -0.39 is 10.0 Å². The smallest absolute Gasteiger partial charge is 0.242 e. The monoisotopic (exact) mass is 284 g/mol. The molecule has 1 fully saturated rings. The van der Waals surface area contributed by atoms with Crippen LogP contribution in [0.4, 0.5) is 5.69 Å². The third kappa shape index (κ3) is 2.75. The topological polar surface area (TPSA) is 92.4 Å². The third-order valence-electron chi connectivity index (χ3n) is 3.91. The van der Waals surface area contributed by atoms with E-state index >= 15 is 0 Å². The van der Waals surface area contributed by atoms with Crippen LogP contribution >= 0.6 is 0 Å². The molecule has 0 amide bonds. The van der Waals surface area contributed by atoms with Gasteiger partial charge in [0.2, 0.25) is 10.0 Å². The van der Waals surface area contributed by atoms with Crippen molar-refractivity contribution in [3.8, 4) is 0 Å². The van der Waals surface area contributed by atoms with Crippen LogP contribution in [-0.4, -0.2) is 26.7 Å². The molecule has 0 aromatic heterocycles. The number of aliphatic hydroxyl groups excluding tert-OH is 1. The van der Waals surface area contributed by atoms with Gasteiger partial charge in [0.05, 0.1) is 5.69 Å². The maximum absolute atomic E-state index is 12.3. The Morgan fingerprint density at radius 2 is 2.00 bits per heavy atom. The van der Waals surface area contributed by atoms with Gasteiger partial charge in [-0.05, 0) is 43.9 Å². The highest BCUT2D eigenvalue weighted by molar-refractivity contribution is 7.89. The average molecular weight is 284 g/mol. The summed E-state index contributed by atoms with van der Waals surface area (Å²) in [7, 11) is -3.63. The highest BCUT2D eigenvalue weighted by Crippen LogP contribution is 2.44. The SMILES string of the molecule is Cc1ccc(N)c(S(=O)(=O)NCC2(CO)CC2)c1C. The molecule has 5 nitrogen and oxygen atoms in total. The molecule has 19 heavy (non-hydrogen) atoms. The highest BCUT2D eigenvalue weighted by Gasteiger charge is 2.42. The largest absolute Gasteiger partial charge is 0.398 e. The summed E-state index contributed by atoms with van der Waals surface area (Å²) < 4.78 is 27.3. The molecule has 0 heterocycles. The minimum Gasteiger partial charge on any atom is -0.398 e. The predicted molar refractivity (Wildman–Crippen MR) is 74.3 cm³/mol. The first-order valence-electron chi connectivity index (χ1n) is 6.27. The first-order valence-corrected chi connectivity index (χ1v) is 7.76. The summed E-state index contributed by atoms with van der Waals surface area (Å²) in [4.78, 5) is 0.154. The summed E-state index contributed by atoms with van der Waals surface area (Å²) in [6.45, 7) is 3.87. The van der Waals surface area contributed by atoms with Gasteiger partial charge in [-0.1, -0.05) is 6.07 Å². The van der Waals surface area contributed by atoms with E-state index in [1.165, 1.54) is 0 Å². The van der Waals surface area contributed by atoms with Gasteiger partial charge in [-0.15, -0.1) is 0 Å². The molecule has 1 aliphatic rings. The van der Waals surface area contributed by atoms with Crippen molar-refractivity contribution >= 4 is 15.7 Å². The second-order valence-corrected chi connectivity index (χ2v) is 7.11. The molecular formula is C13H20N2O3S. The fourth-order valence-electron chi connectivity index (χ4n) is 2.06. The fraction of sp³-hybridized carbons (Fsp3) is 0.538. The number of nitrogens with two attached hydrogens (primary N) is 1. The second kappa shape index (κ2) is 4.77. The van der Waals surface area contributed by atoms with Gasteiger partial charge < -0.3 is 10.8 Å². The summed E-state index contributed by atoms with van der Waals surface area (Å²) in [6, 6.07) is 3.41. The molecule has 0 unspecified atom stereocenters. The van der Waals surface area contributed by atoms with Gasteiger partial charge in [-0.25, -0.2) is 13.1 Å². The standard InChI is InChI=1S/C13H20N2O3S/c1-9-3-4-11(14)12(10(9)2)19(17,18)15-7-13(8-16)5-6-13/h3-4,15-16H,5-8,14H2,1-2H3. The molecule has 0 atom stereocenters. The number of nitrogen functional groups attached to an aromatic ring is 1. The first kappa shape index (κ1) is 14.3. The maximum Gasteiger partial charge on any atom is 0.242 e. The number of hydrogen-bond donors (Lipinski definition) is 3. The lowest BCUT2D eigenvalue weighted by Crippen LogP contribution is -2.32. The van der Waals surface area contributed by atoms with Gasteiger partial charge in [0, 0.05) is 18.6 Å². The van der Waals surface area contributed by atoms with E-state index in [2.05, 4.69) is 4.72 Å². The lowest BCUT2D eigenvalue weighted by molar-refractivity contribution is 0.213. The zero-order valence-corrected chi connectivity index (χ0v) is 12.0. The Labute approximate surface area is 113 Å². The van der Waals surface area contributed by atoms with E-state index in [-0.39, 0.29) is 29.1 Å². The minimum absolute atomic E-state index is 0.0117. The lowest BCUT2D eigenvalue weighted by atomic mass is 10.1. The first-order chi connectivity index (χ1) is 8.81. The van der Waals surface area contributed by atoms with Gasteiger partial charge in [0.1, 0.15) is 4.90 Å². The van der Waals surface area contributed by atoms with E-state index in [1.807, 2.05) is 6.92 Å². The van der Waals surface area contributed by atoms with E-state index in [1.54, 1.807) is 19.1 Å². The van der Waals surface area contributed by atoms with Crippen LogP contribution in [0.3, 0.4) is 0 Å². The average Bonchev–Trinajstić information content (AvgIpc) is 3.13. The van der Waals surface area contributed by atoms with Crippen molar-refractivity contribution in [3.63, 3.8) is 0 Å². The Hall–Kier alpha value is -1.11. The Kier molecular flexibility index (Phi) is 3.59. The Morgan fingerprint density at radius 1 is 1.37 bits per heavy atom. The summed E-state index contributed by atoms with van der Waals surface area (Å²) >= 11 is 0. The number of aryl methyl sites for hydroxylation is 1. The van der Waals surface area contributed by atoms with Crippen LogP contribution in [0.25, 0.3) is 0 Å². The maximum atomic E-state index is 12.3. The molecule has 1 aromatic rings. The highest BCUT2D eigenvalue weighted by atomic mass is 32.2. The minimum atomic E-state index is -3.63. The zero-order valence-electron chi connectivity index (χ0n) is 11.2. The van der Waals surface area contributed by atoms with Crippen molar-refractivity contribution < 1.29 is 13.5 Å². The van der Waals surface area contributed by atoms with Crippen molar-refractivity contribution in [1.29, 1.82) is 0 Å². The molecule has 0 spiro atoms. The Balaban J connectivity index is 2.27. The molecule has 0 bridgehead atoms. The van der Waals surface area contributed by atoms with Crippen LogP contribution in [0, 0.1) is 19.3 Å². The van der Waals surface area contributed by atoms with Crippen molar-refractivity contribution in [2.75, 3.05) is 18.9 Å². The normalized spacial score (nSPS) is 17.4. The molecule has 6 heteroatoms. The summed E-state index contributed by atoms with van der Waals surface area (Å²) in [5, 5.41) is 9.22.